The normalized spacial score (nSPS) is 12.7. The molecule has 0 aliphatic heterocycles. The largest absolute Gasteiger partial charge is 0.391 e. The molecule has 23 heavy (non-hydrogen) atoms. The lowest BCUT2D eigenvalue weighted by Gasteiger charge is -2.25. The number of rotatable bonds is 7. The van der Waals surface area contributed by atoms with Gasteiger partial charge >= 0.3 is 11.8 Å². The maximum atomic E-state index is 11.8. The average molecular weight is 326 g/mol. The van der Waals surface area contributed by atoms with Crippen molar-refractivity contribution in [1.29, 1.82) is 0 Å². The Morgan fingerprint density at radius 2 is 2.09 bits per heavy atom. The van der Waals surface area contributed by atoms with Crippen LogP contribution in [0.1, 0.15) is 27.2 Å². The van der Waals surface area contributed by atoms with Gasteiger partial charge in [0.1, 0.15) is 0 Å². The van der Waals surface area contributed by atoms with E-state index in [4.69, 9.17) is 4.74 Å². The molecule has 1 aromatic heterocycles. The Labute approximate surface area is 136 Å². The van der Waals surface area contributed by atoms with Gasteiger partial charge in [-0.1, -0.05) is 20.8 Å². The van der Waals surface area contributed by atoms with Crippen LogP contribution in [0.3, 0.4) is 0 Å². The quantitative estimate of drug-likeness (QED) is 0.496. The van der Waals surface area contributed by atoms with Crippen LogP contribution in [0.25, 0.3) is 0 Å². The van der Waals surface area contributed by atoms with Crippen molar-refractivity contribution in [1.82, 2.24) is 15.1 Å². The van der Waals surface area contributed by atoms with Crippen LogP contribution in [-0.4, -0.2) is 53.1 Å². The molecule has 1 aromatic rings. The third-order valence-corrected chi connectivity index (χ3v) is 3.28. The summed E-state index contributed by atoms with van der Waals surface area (Å²) in [4.78, 5) is 23.5. The second-order valence-corrected chi connectivity index (χ2v) is 6.36. The Morgan fingerprint density at radius 3 is 2.70 bits per heavy atom. The number of hydrogen-bond donors (Lipinski definition) is 3. The molecule has 0 unspecified atom stereocenters. The molecule has 0 radical (unpaired) electrons. The zero-order valence-corrected chi connectivity index (χ0v) is 14.1. The summed E-state index contributed by atoms with van der Waals surface area (Å²) in [6.45, 7) is 6.84. The molecular weight excluding hydrogens is 300 g/mol. The topological polar surface area (TPSA) is 105 Å². The molecule has 1 rings (SSSR count). The maximum Gasteiger partial charge on any atom is 0.314 e. The predicted octanol–water partition coefficient (Wildman–Crippen LogP) is 0.381. The number of aryl methyl sites for hydroxylation is 1. The van der Waals surface area contributed by atoms with E-state index in [9.17, 15) is 14.7 Å². The molecule has 0 bridgehead atoms. The number of nitrogens with one attached hydrogen (secondary N) is 2. The molecule has 0 spiro atoms. The molecule has 1 atom stereocenters. The van der Waals surface area contributed by atoms with Crippen molar-refractivity contribution in [2.45, 2.75) is 39.8 Å². The fraction of sp³-hybridized carbons (Fsp3) is 0.667. The SMILES string of the molecule is COCCCn1ccc(NC(=O)C(=O)NC[C@@H](O)C(C)(C)C)n1. The highest BCUT2D eigenvalue weighted by molar-refractivity contribution is 6.39. The minimum Gasteiger partial charge on any atom is -0.391 e. The Balaban J connectivity index is 2.42. The molecule has 3 N–H and O–H groups in total. The molecule has 130 valence electrons. The number of nitrogens with zero attached hydrogens (tertiary/aromatic N) is 2. The number of aromatic nitrogens is 2. The number of carbonyl (C=O) groups excluding carboxylic acids is 2. The van der Waals surface area contributed by atoms with Crippen molar-refractivity contribution >= 4 is 17.6 Å². The standard InChI is InChI=1S/C15H26N4O4/c1-15(2,3)11(20)10-16-13(21)14(22)17-12-6-8-19(18-12)7-5-9-23-4/h6,8,11,20H,5,7,9-10H2,1-4H3,(H,16,21)(H,17,18,22)/t11-/m1/s1. The molecule has 2 amide bonds. The first-order valence-corrected chi connectivity index (χ1v) is 7.53. The Kier molecular flexibility index (Phi) is 7.18. The Morgan fingerprint density at radius 1 is 1.39 bits per heavy atom. The van der Waals surface area contributed by atoms with Crippen LogP contribution in [0, 0.1) is 5.41 Å². The van der Waals surface area contributed by atoms with E-state index < -0.39 is 17.9 Å². The van der Waals surface area contributed by atoms with Gasteiger partial charge in [0.05, 0.1) is 6.10 Å². The van der Waals surface area contributed by atoms with Crippen LogP contribution in [-0.2, 0) is 20.9 Å². The summed E-state index contributed by atoms with van der Waals surface area (Å²) in [5.41, 5.74) is -0.370. The van der Waals surface area contributed by atoms with E-state index in [1.807, 2.05) is 20.8 Å². The van der Waals surface area contributed by atoms with Crippen LogP contribution in [0.4, 0.5) is 5.82 Å². The van der Waals surface area contributed by atoms with Crippen molar-refractivity contribution in [2.75, 3.05) is 25.6 Å². The number of hydrogen-bond acceptors (Lipinski definition) is 5. The van der Waals surface area contributed by atoms with Gasteiger partial charge in [-0.3, -0.25) is 14.3 Å². The highest BCUT2D eigenvalue weighted by Gasteiger charge is 2.24. The maximum absolute atomic E-state index is 11.8. The van der Waals surface area contributed by atoms with Gasteiger partial charge in [-0.2, -0.15) is 5.10 Å². The first-order chi connectivity index (χ1) is 10.7. The highest BCUT2D eigenvalue weighted by Crippen LogP contribution is 2.18. The van der Waals surface area contributed by atoms with Crippen LogP contribution in [0.2, 0.25) is 0 Å². The lowest BCUT2D eigenvalue weighted by molar-refractivity contribution is -0.136. The van der Waals surface area contributed by atoms with E-state index in [1.54, 1.807) is 24.1 Å². The fourth-order valence-electron chi connectivity index (χ4n) is 1.67. The van der Waals surface area contributed by atoms with Gasteiger partial charge in [-0.25, -0.2) is 0 Å². The minimum atomic E-state index is -0.812. The van der Waals surface area contributed by atoms with E-state index in [0.717, 1.165) is 6.42 Å². The second kappa shape index (κ2) is 8.64. The smallest absolute Gasteiger partial charge is 0.314 e. The van der Waals surface area contributed by atoms with Crippen LogP contribution >= 0.6 is 0 Å². The molecule has 0 aromatic carbocycles. The van der Waals surface area contributed by atoms with Gasteiger partial charge in [0.2, 0.25) is 0 Å². The van der Waals surface area contributed by atoms with Gasteiger partial charge in [-0.05, 0) is 11.8 Å². The monoisotopic (exact) mass is 326 g/mol. The molecule has 0 aliphatic carbocycles. The van der Waals surface area contributed by atoms with Gasteiger partial charge in [0.25, 0.3) is 0 Å². The molecule has 8 nitrogen and oxygen atoms in total. The predicted molar refractivity (Wildman–Crippen MR) is 85.8 cm³/mol. The minimum absolute atomic E-state index is 0.0151. The van der Waals surface area contributed by atoms with Crippen molar-refractivity contribution in [3.05, 3.63) is 12.3 Å². The molecular formula is C15H26N4O4. The van der Waals surface area contributed by atoms with Crippen LogP contribution < -0.4 is 10.6 Å². The number of carbonyl (C=O) groups is 2. The van der Waals surface area contributed by atoms with Crippen molar-refractivity contribution in [2.24, 2.45) is 5.41 Å². The number of anilines is 1. The van der Waals surface area contributed by atoms with Gasteiger partial charge in [-0.15, -0.1) is 0 Å². The number of methoxy groups -OCH3 is 1. The van der Waals surface area contributed by atoms with Crippen molar-refractivity contribution in [3.8, 4) is 0 Å². The average Bonchev–Trinajstić information content (AvgIpc) is 2.91. The molecule has 0 fully saturated rings. The fourth-order valence-corrected chi connectivity index (χ4v) is 1.67. The number of aliphatic hydroxyl groups is 1. The number of ether oxygens (including phenoxy) is 1. The van der Waals surface area contributed by atoms with Crippen LogP contribution in [0.15, 0.2) is 12.3 Å². The zero-order chi connectivity index (χ0) is 17.5. The summed E-state index contributed by atoms with van der Waals surface area (Å²) in [6, 6.07) is 1.61. The van der Waals surface area contributed by atoms with Crippen LogP contribution in [0.5, 0.6) is 0 Å². The van der Waals surface area contributed by atoms with Gasteiger partial charge in [0, 0.05) is 39.1 Å². The van der Waals surface area contributed by atoms with E-state index in [2.05, 4.69) is 15.7 Å². The third kappa shape index (κ3) is 6.79. The lowest BCUT2D eigenvalue weighted by atomic mass is 9.89. The summed E-state index contributed by atoms with van der Waals surface area (Å²) in [6.07, 6.45) is 1.78. The van der Waals surface area contributed by atoms with E-state index in [0.29, 0.717) is 19.0 Å². The summed E-state index contributed by atoms with van der Waals surface area (Å²) < 4.78 is 6.61. The second-order valence-electron chi connectivity index (χ2n) is 6.36. The number of aliphatic hydroxyl groups excluding tert-OH is 1. The number of amides is 2. The third-order valence-electron chi connectivity index (χ3n) is 3.28. The highest BCUT2D eigenvalue weighted by atomic mass is 16.5. The van der Waals surface area contributed by atoms with E-state index in [-0.39, 0.29) is 12.0 Å². The molecule has 0 aliphatic rings. The Bertz CT molecular complexity index is 522. The zero-order valence-electron chi connectivity index (χ0n) is 14.1. The van der Waals surface area contributed by atoms with Crippen molar-refractivity contribution in [3.63, 3.8) is 0 Å². The Hall–Kier alpha value is -1.93. The van der Waals surface area contributed by atoms with E-state index >= 15 is 0 Å². The summed E-state index contributed by atoms with van der Waals surface area (Å²) in [5.74, 6) is -1.31. The molecule has 8 heteroatoms. The first-order valence-electron chi connectivity index (χ1n) is 7.53. The summed E-state index contributed by atoms with van der Waals surface area (Å²) >= 11 is 0. The van der Waals surface area contributed by atoms with Crippen molar-refractivity contribution < 1.29 is 19.4 Å². The van der Waals surface area contributed by atoms with Gasteiger partial charge in [0.15, 0.2) is 5.82 Å². The first kappa shape index (κ1) is 19.1. The lowest BCUT2D eigenvalue weighted by Crippen LogP contribution is -2.43. The molecule has 0 saturated carbocycles. The molecule has 0 saturated heterocycles. The summed E-state index contributed by atoms with van der Waals surface area (Å²) in [5, 5.41) is 18.8. The summed E-state index contributed by atoms with van der Waals surface area (Å²) in [7, 11) is 1.63. The van der Waals surface area contributed by atoms with Gasteiger partial charge < -0.3 is 20.5 Å². The van der Waals surface area contributed by atoms with E-state index in [1.165, 1.54) is 0 Å². The molecule has 1 heterocycles.